The minimum Gasteiger partial charge on any atom is -0.223 e. The van der Waals surface area contributed by atoms with Gasteiger partial charge in [-0.2, -0.15) is 35.0 Å². The zero-order valence-electron chi connectivity index (χ0n) is 42.9. The molecule has 4 aromatic rings. The molecule has 0 amide bonds. The number of nitrogens with zero attached hydrogens (tertiary/aromatic N) is 2. The number of hydrogen-bond acceptors (Lipinski definition) is 8. The van der Waals surface area contributed by atoms with Gasteiger partial charge in [-0.1, -0.05) is 39.8 Å². The molecule has 0 aromatic heterocycles. The Hall–Kier alpha value is -4.62. The van der Waals surface area contributed by atoms with E-state index in [-0.39, 0.29) is 76.3 Å². The molecule has 0 radical (unpaired) electrons. The number of benzene rings is 4. The maximum absolute atomic E-state index is 15.3. The molecule has 24 heteroatoms. The Morgan fingerprint density at radius 3 is 1.17 bits per heavy atom. The molecule has 0 N–H and O–H groups in total. The predicted molar refractivity (Wildman–Crippen MR) is 274 cm³/mol. The van der Waals surface area contributed by atoms with Crippen LogP contribution in [0.1, 0.15) is 101 Å². The lowest BCUT2D eigenvalue weighted by Crippen LogP contribution is -2.59. The van der Waals surface area contributed by atoms with Crippen LogP contribution in [0.25, 0.3) is 0 Å². The van der Waals surface area contributed by atoms with Crippen molar-refractivity contribution in [2.24, 2.45) is 23.7 Å². The summed E-state index contributed by atoms with van der Waals surface area (Å²) in [6.07, 6.45) is -7.19. The van der Waals surface area contributed by atoms with Crippen LogP contribution in [-0.4, -0.2) is 78.0 Å². The first-order valence-electron chi connectivity index (χ1n) is 25.1. The molecule has 0 bridgehead atoms. The first-order chi connectivity index (χ1) is 36.1. The first kappa shape index (κ1) is 61.0. The third-order valence-electron chi connectivity index (χ3n) is 16.1. The molecule has 6 unspecified atom stereocenters. The van der Waals surface area contributed by atoms with E-state index < -0.39 is 151 Å². The van der Waals surface area contributed by atoms with Gasteiger partial charge in [0.05, 0.1) is 31.4 Å². The van der Waals surface area contributed by atoms with E-state index in [2.05, 4.69) is 13.2 Å². The number of hydrogen-bond donors (Lipinski definition) is 0. The third-order valence-corrected chi connectivity index (χ3v) is 26.3. The van der Waals surface area contributed by atoms with Gasteiger partial charge in [0.2, 0.25) is 20.0 Å². The quantitative estimate of drug-likeness (QED) is 0.101. The van der Waals surface area contributed by atoms with Crippen molar-refractivity contribution >= 4 is 39.7 Å². The molecular weight excluding hydrogens is 1120 g/mol. The van der Waals surface area contributed by atoms with Crippen molar-refractivity contribution in [2.45, 2.75) is 133 Å². The zero-order chi connectivity index (χ0) is 57.9. The third kappa shape index (κ3) is 11.0. The number of sulfone groups is 2. The molecule has 2 saturated heterocycles. The van der Waals surface area contributed by atoms with Crippen LogP contribution < -0.4 is 0 Å². The highest BCUT2D eigenvalue weighted by molar-refractivity contribution is 7.93. The van der Waals surface area contributed by atoms with E-state index >= 15 is 8.78 Å². The Balaban J connectivity index is 0.000000226. The summed E-state index contributed by atoms with van der Waals surface area (Å²) in [6.45, 7) is 14.3. The standard InChI is InChI=1S/2C27H30F5NO4S2/c2*1-4-13-33-24-11-12-26(22-15-20(28)7-10-23(22)29,16-18(24)14-25(17(2)3)39(33,36)37)38(34,35)21-8-5-19(6-9-21)27(30,31)32/h2*4-10,15,17-18,24-25H,1,11-14,16H2,2-3H3/t2*18?,24?,25-,26?/m10/s1. The SMILES string of the molecule is C=CCN1C2CCC(c3cc(F)ccc3F)(S(=O)(=O)c3ccc(C(F)(F)F)cc3)CC2C[C@@H](C(C)C)S1(=O)=O.C=CCN1C2CCC(c3cc(F)ccc3F)(S(=O)(=O)c3ccc(C(F)(F)F)cc3)CC2C[C@H](C(C)C)S1(=O)=O. The molecule has 2 aliphatic heterocycles. The highest BCUT2D eigenvalue weighted by Gasteiger charge is 2.60. The molecule has 4 aliphatic rings. The molecular formula is C54H60F10N2O8S4. The van der Waals surface area contributed by atoms with Crippen molar-refractivity contribution in [3.63, 3.8) is 0 Å². The maximum Gasteiger partial charge on any atom is 0.416 e. The summed E-state index contributed by atoms with van der Waals surface area (Å²) in [5, 5.41) is -1.67. The fourth-order valence-electron chi connectivity index (χ4n) is 12.4. The Morgan fingerprint density at radius 2 is 0.885 bits per heavy atom. The van der Waals surface area contributed by atoms with Gasteiger partial charge < -0.3 is 0 Å². The van der Waals surface area contributed by atoms with Gasteiger partial charge in [-0.05, 0) is 160 Å². The normalized spacial score (nSPS) is 27.7. The summed E-state index contributed by atoms with van der Waals surface area (Å²) in [7, 11) is -16.7. The summed E-state index contributed by atoms with van der Waals surface area (Å²) < 4.78 is 248. The Labute approximate surface area is 449 Å². The van der Waals surface area contributed by atoms with Crippen molar-refractivity contribution in [3.05, 3.63) is 156 Å². The van der Waals surface area contributed by atoms with Crippen LogP contribution in [0, 0.1) is 46.9 Å². The maximum atomic E-state index is 15.3. The van der Waals surface area contributed by atoms with Crippen LogP contribution in [0.2, 0.25) is 0 Å². The largest absolute Gasteiger partial charge is 0.416 e. The van der Waals surface area contributed by atoms with Gasteiger partial charge in [0, 0.05) is 36.3 Å². The number of fused-ring (bicyclic) bond motifs is 2. The average molecular weight is 1180 g/mol. The van der Waals surface area contributed by atoms with Crippen LogP contribution in [0.3, 0.4) is 0 Å². The van der Waals surface area contributed by atoms with Crippen LogP contribution in [0.5, 0.6) is 0 Å². The van der Waals surface area contributed by atoms with Crippen molar-refractivity contribution in [1.29, 1.82) is 0 Å². The smallest absolute Gasteiger partial charge is 0.223 e. The number of halogens is 10. The van der Waals surface area contributed by atoms with E-state index in [1.54, 1.807) is 27.7 Å². The van der Waals surface area contributed by atoms with Crippen molar-refractivity contribution < 1.29 is 77.6 Å². The van der Waals surface area contributed by atoms with Gasteiger partial charge in [0.25, 0.3) is 0 Å². The average Bonchev–Trinajstić information content (AvgIpc) is 3.49. The Morgan fingerprint density at radius 1 is 0.564 bits per heavy atom. The molecule has 78 heavy (non-hydrogen) atoms. The molecule has 8 atom stereocenters. The van der Waals surface area contributed by atoms with E-state index in [0.717, 1.165) is 60.7 Å². The second-order valence-electron chi connectivity index (χ2n) is 21.3. The van der Waals surface area contributed by atoms with Gasteiger partial charge in [-0.3, -0.25) is 0 Å². The van der Waals surface area contributed by atoms with Crippen LogP contribution >= 0.6 is 0 Å². The molecule has 2 heterocycles. The lowest BCUT2D eigenvalue weighted by atomic mass is 9.71. The Bertz CT molecular complexity index is 3130. The Kier molecular flexibility index (Phi) is 17.2. The van der Waals surface area contributed by atoms with Crippen LogP contribution in [-0.2, 0) is 61.6 Å². The van der Waals surface area contributed by atoms with Crippen LogP contribution in [0.4, 0.5) is 43.9 Å². The lowest BCUT2D eigenvalue weighted by Gasteiger charge is -2.52. The van der Waals surface area contributed by atoms with Crippen molar-refractivity contribution in [1.82, 2.24) is 8.61 Å². The fourth-order valence-corrected chi connectivity index (χ4v) is 21.8. The summed E-state index contributed by atoms with van der Waals surface area (Å²) in [6, 6.07) is 9.71. The molecule has 4 fully saturated rings. The molecule has 428 valence electrons. The van der Waals surface area contributed by atoms with Crippen molar-refractivity contribution in [2.75, 3.05) is 13.1 Å². The lowest BCUT2D eigenvalue weighted by molar-refractivity contribution is -0.138. The minimum atomic E-state index is -4.69. The highest BCUT2D eigenvalue weighted by atomic mass is 32.2. The molecule has 8 rings (SSSR count). The van der Waals surface area contributed by atoms with E-state index in [1.807, 2.05) is 0 Å². The molecule has 10 nitrogen and oxygen atoms in total. The topological polar surface area (TPSA) is 143 Å². The fraction of sp³-hybridized carbons (Fsp3) is 0.481. The van der Waals surface area contributed by atoms with Crippen molar-refractivity contribution in [3.8, 4) is 0 Å². The molecule has 4 aromatic carbocycles. The van der Waals surface area contributed by atoms with E-state index in [4.69, 9.17) is 0 Å². The summed E-state index contributed by atoms with van der Waals surface area (Å²) in [4.78, 5) is -0.909. The summed E-state index contributed by atoms with van der Waals surface area (Å²) in [5.41, 5.74) is -2.92. The number of sulfonamides is 2. The summed E-state index contributed by atoms with van der Waals surface area (Å²) in [5.74, 6) is -5.35. The highest BCUT2D eigenvalue weighted by Crippen LogP contribution is 2.56. The summed E-state index contributed by atoms with van der Waals surface area (Å²) >= 11 is 0. The first-order valence-corrected chi connectivity index (χ1v) is 31.1. The van der Waals surface area contributed by atoms with Gasteiger partial charge in [0.1, 0.15) is 32.8 Å². The number of alkyl halides is 6. The molecule has 2 aliphatic carbocycles. The van der Waals surface area contributed by atoms with E-state index in [1.165, 1.54) is 20.8 Å². The monoisotopic (exact) mass is 1180 g/mol. The molecule has 0 spiro atoms. The second-order valence-corrected chi connectivity index (χ2v) is 30.0. The number of rotatable bonds is 12. The van der Waals surface area contributed by atoms with Crippen LogP contribution in [0.15, 0.2) is 120 Å². The van der Waals surface area contributed by atoms with E-state index in [0.29, 0.717) is 24.3 Å². The van der Waals surface area contributed by atoms with Gasteiger partial charge in [0.15, 0.2) is 19.7 Å². The van der Waals surface area contributed by atoms with Gasteiger partial charge in [-0.15, -0.1) is 13.2 Å². The zero-order valence-corrected chi connectivity index (χ0v) is 46.2. The van der Waals surface area contributed by atoms with Gasteiger partial charge in [-0.25, -0.2) is 51.2 Å². The second kappa shape index (κ2) is 22.0. The minimum absolute atomic E-state index is 0.0136. The van der Waals surface area contributed by atoms with Gasteiger partial charge >= 0.3 is 12.4 Å². The molecule has 2 saturated carbocycles. The van der Waals surface area contributed by atoms with E-state index in [9.17, 15) is 68.8 Å². The predicted octanol–water partition coefficient (Wildman–Crippen LogP) is 12.1.